The van der Waals surface area contributed by atoms with Gasteiger partial charge in [0.25, 0.3) is 0 Å². The maximum atomic E-state index is 14.8. The number of hydrogen-bond acceptors (Lipinski definition) is 6. The number of rotatable bonds is 13. The fourth-order valence-corrected chi connectivity index (χ4v) is 6.65. The fraction of sp³-hybridized carbons (Fsp3) is 0.379. The van der Waals surface area contributed by atoms with E-state index in [1.54, 1.807) is 6.20 Å². The van der Waals surface area contributed by atoms with Crippen LogP contribution in [0.25, 0.3) is 5.69 Å². The number of halogens is 4. The van der Waals surface area contributed by atoms with Crippen molar-refractivity contribution in [1.29, 1.82) is 0 Å². The molecule has 3 aromatic rings. The molecule has 0 fully saturated rings. The van der Waals surface area contributed by atoms with Crippen molar-refractivity contribution in [3.8, 4) is 5.69 Å². The first kappa shape index (κ1) is 33.0. The maximum absolute atomic E-state index is 14.8. The number of aliphatic hydroxyl groups excluding tert-OH is 1. The molecule has 3 N–H and O–H groups in total. The normalized spacial score (nSPS) is 13.2. The zero-order valence-corrected chi connectivity index (χ0v) is 26.7. The number of alkyl halides is 1. The number of nitrogens with zero attached hydrogens (tertiary/aromatic N) is 3. The van der Waals surface area contributed by atoms with Gasteiger partial charge < -0.3 is 0 Å². The van der Waals surface area contributed by atoms with E-state index in [-0.39, 0.29) is 31.6 Å². The van der Waals surface area contributed by atoms with Crippen molar-refractivity contribution in [1.82, 2.24) is 14.7 Å². The Morgan fingerprint density at radius 3 is 2.44 bits per heavy atom. The Morgan fingerprint density at radius 2 is 1.83 bits per heavy atom. The van der Waals surface area contributed by atoms with E-state index in [1.165, 1.54) is 9.58 Å². The topological polar surface area (TPSA) is 119 Å². The fourth-order valence-electron chi connectivity index (χ4n) is 4.49. The molecule has 0 unspecified atom stereocenters. The number of nitrogens with two attached hydrogens (primary N) is 1. The number of aromatic nitrogens is 2. The predicted molar refractivity (Wildman–Crippen MR) is 150 cm³/mol. The molecule has 1 aromatic heterocycles. The predicted octanol–water partition coefficient (Wildman–Crippen LogP) is 0.904. The number of aliphatic hydroxyl groups is 1. The van der Waals surface area contributed by atoms with Crippen molar-refractivity contribution >= 4 is 29.4 Å². The number of hydrogen-bond donors (Lipinski definition) is 2. The second-order valence-corrected chi connectivity index (χ2v) is 13.9. The molecule has 0 aliphatic rings. The third kappa shape index (κ3) is 8.72. The van der Waals surface area contributed by atoms with Crippen LogP contribution in [0.2, 0.25) is 0 Å². The van der Waals surface area contributed by atoms with Crippen LogP contribution in [-0.4, -0.2) is 57.8 Å². The van der Waals surface area contributed by atoms with Crippen LogP contribution in [0.15, 0.2) is 54.7 Å². The quantitative estimate of drug-likeness (QED) is 0.153. The third-order valence-corrected chi connectivity index (χ3v) is 10.2. The summed E-state index contributed by atoms with van der Waals surface area (Å²) in [5.74, 6) is -1.91. The molecule has 1 heterocycles. The molecule has 8 nitrogen and oxygen atoms in total. The Kier molecular flexibility index (Phi) is 11.7. The number of carbonyl (C=O) groups is 3. The van der Waals surface area contributed by atoms with E-state index in [0.29, 0.717) is 17.7 Å². The van der Waals surface area contributed by atoms with E-state index in [1.807, 2.05) is 51.1 Å². The van der Waals surface area contributed by atoms with Crippen LogP contribution in [0, 0.1) is 17.0 Å². The van der Waals surface area contributed by atoms with Crippen molar-refractivity contribution in [2.45, 2.75) is 45.7 Å². The van der Waals surface area contributed by atoms with Crippen LogP contribution in [0.3, 0.4) is 0 Å². The van der Waals surface area contributed by atoms with E-state index in [2.05, 4.69) is 21.0 Å². The van der Waals surface area contributed by atoms with Crippen LogP contribution in [0.4, 0.5) is 8.78 Å². The van der Waals surface area contributed by atoms with Gasteiger partial charge in [0.15, 0.2) is 0 Å². The van der Waals surface area contributed by atoms with Crippen LogP contribution >= 0.6 is 15.9 Å². The number of amides is 1. The molecule has 0 aliphatic heterocycles. The van der Waals surface area contributed by atoms with Crippen molar-refractivity contribution in [3.05, 3.63) is 83.2 Å². The molecule has 3 rings (SSSR count). The molecule has 0 spiro atoms. The van der Waals surface area contributed by atoms with Crippen molar-refractivity contribution in [2.75, 3.05) is 18.5 Å². The molecule has 12 heteroatoms. The summed E-state index contributed by atoms with van der Waals surface area (Å²) >= 11 is 1.63. The van der Waals surface area contributed by atoms with Gasteiger partial charge in [-0.15, -0.1) is 0 Å². The summed E-state index contributed by atoms with van der Waals surface area (Å²) in [5, 5.41) is 14.7. The van der Waals surface area contributed by atoms with E-state index in [0.717, 1.165) is 23.8 Å². The van der Waals surface area contributed by atoms with Gasteiger partial charge in [0, 0.05) is 0 Å². The minimum absolute atomic E-state index is 0.00639. The summed E-state index contributed by atoms with van der Waals surface area (Å²) in [6.45, 7) is 4.91. The van der Waals surface area contributed by atoms with Gasteiger partial charge >= 0.3 is 241 Å². The SMILES string of the molecule is CC(C)(C)[C@H](c1nn(-c2cc(F)ccc2F)cc1Cc1ccccc1)N(CC[C@H](N)C(=O)[I-]C(=O)CBr)C(=O)CO. The Bertz CT molecular complexity index is 1380. The first-order chi connectivity index (χ1) is 19.3. The summed E-state index contributed by atoms with van der Waals surface area (Å²) < 4.78 is 29.6. The zero-order valence-electron chi connectivity index (χ0n) is 23.0. The Labute approximate surface area is 256 Å². The first-order valence-corrected chi connectivity index (χ1v) is 16.1. The molecule has 2 aromatic carbocycles. The van der Waals surface area contributed by atoms with Gasteiger partial charge in [-0.2, -0.15) is 0 Å². The molecule has 0 bridgehead atoms. The Balaban J connectivity index is 2.10. The molecule has 0 radical (unpaired) electrons. The van der Waals surface area contributed by atoms with E-state index >= 15 is 0 Å². The first-order valence-electron chi connectivity index (χ1n) is 12.9. The van der Waals surface area contributed by atoms with Gasteiger partial charge in [-0.3, -0.25) is 0 Å². The van der Waals surface area contributed by atoms with Gasteiger partial charge in [-0.05, 0) is 6.07 Å². The number of benzene rings is 2. The molecular weight excluding hydrogens is 713 g/mol. The molecule has 0 aliphatic carbocycles. The second kappa shape index (κ2) is 14.6. The molecule has 41 heavy (non-hydrogen) atoms. The standard InChI is InChI=1S/C29H33BrF2IN4O4/c1-29(2,3)27(36(25(40)17-38)12-11-22(34)28(41)33-24(39)15-30)26-19(13-18-7-5-4-6-8-18)16-37(35-26)23-14-20(31)9-10-21(23)32/h4-10,14,16,22,27,38H,11-13,15,17,34H2,1-3H3/q-1/t22-,27-/m0/s1. The van der Waals surface area contributed by atoms with Gasteiger partial charge in [0.2, 0.25) is 0 Å². The van der Waals surface area contributed by atoms with Crippen molar-refractivity contribution in [2.24, 2.45) is 11.1 Å². The summed E-state index contributed by atoms with van der Waals surface area (Å²) in [6.07, 6.45) is 2.07. The van der Waals surface area contributed by atoms with Gasteiger partial charge in [-0.1, -0.05) is 6.07 Å². The second-order valence-electron chi connectivity index (χ2n) is 10.5. The molecule has 0 saturated carbocycles. The molecule has 2 atom stereocenters. The van der Waals surface area contributed by atoms with Crippen LogP contribution < -0.4 is 26.9 Å². The van der Waals surface area contributed by atoms with Gasteiger partial charge in [0.05, 0.1) is 0 Å². The molecular formula is C29H33BrF2IN4O4-. The average molecular weight is 746 g/mol. The minimum atomic E-state index is -1.42. The summed E-state index contributed by atoms with van der Waals surface area (Å²) in [5.41, 5.74) is 7.42. The van der Waals surface area contributed by atoms with Crippen LogP contribution in [0.1, 0.15) is 50.1 Å². The average Bonchev–Trinajstić information content (AvgIpc) is 3.33. The summed E-state index contributed by atoms with van der Waals surface area (Å²) in [6, 6.07) is 10.9. The zero-order chi connectivity index (χ0) is 30.3. The van der Waals surface area contributed by atoms with Crippen molar-refractivity contribution in [3.63, 3.8) is 0 Å². The monoisotopic (exact) mass is 745 g/mol. The van der Waals surface area contributed by atoms with E-state index in [9.17, 15) is 28.3 Å². The molecule has 1 amide bonds. The van der Waals surface area contributed by atoms with Crippen LogP contribution in [-0.2, 0) is 20.8 Å². The summed E-state index contributed by atoms with van der Waals surface area (Å²) in [7, 11) is 0. The van der Waals surface area contributed by atoms with E-state index in [4.69, 9.17) is 5.73 Å². The van der Waals surface area contributed by atoms with Crippen molar-refractivity contribution < 1.29 is 49.5 Å². The van der Waals surface area contributed by atoms with Gasteiger partial charge in [0.1, 0.15) is 0 Å². The summed E-state index contributed by atoms with van der Waals surface area (Å²) in [4.78, 5) is 38.9. The Hall–Kier alpha value is -2.55. The Morgan fingerprint density at radius 1 is 1.15 bits per heavy atom. The molecule has 0 saturated heterocycles. The van der Waals surface area contributed by atoms with Gasteiger partial charge in [-0.25, -0.2) is 4.39 Å². The van der Waals surface area contributed by atoms with E-state index < -0.39 is 62.9 Å². The third-order valence-electron chi connectivity index (χ3n) is 6.34. The van der Waals surface area contributed by atoms with Crippen LogP contribution in [0.5, 0.6) is 0 Å². The molecule has 222 valence electrons. The number of carbonyl (C=O) groups excluding carboxylic acids is 3.